The molecule has 0 saturated heterocycles. The smallest absolute Gasteiger partial charge is 0.158 e. The van der Waals surface area contributed by atoms with Crippen LogP contribution in [-0.2, 0) is 19.1 Å². The maximum atomic E-state index is 12.0. The standard InChI is InChI=1S/C14H24O4/c1-5-17-13(18-6-2)7-10-11(15)8-14(3,4)9-12(10)16/h10,13H,5-9H2,1-4H3. The van der Waals surface area contributed by atoms with Gasteiger partial charge in [-0.25, -0.2) is 0 Å². The van der Waals surface area contributed by atoms with Gasteiger partial charge in [-0.05, 0) is 19.3 Å². The molecule has 0 aliphatic heterocycles. The number of rotatable bonds is 6. The highest BCUT2D eigenvalue weighted by Crippen LogP contribution is 2.35. The van der Waals surface area contributed by atoms with Crippen molar-refractivity contribution in [2.45, 2.75) is 53.2 Å². The summed E-state index contributed by atoms with van der Waals surface area (Å²) in [4.78, 5) is 24.1. The van der Waals surface area contributed by atoms with E-state index in [-0.39, 0.29) is 17.0 Å². The second kappa shape index (κ2) is 6.43. The van der Waals surface area contributed by atoms with Crippen LogP contribution in [-0.4, -0.2) is 31.1 Å². The maximum absolute atomic E-state index is 12.0. The largest absolute Gasteiger partial charge is 0.353 e. The first kappa shape index (κ1) is 15.3. The first-order chi connectivity index (χ1) is 8.39. The van der Waals surface area contributed by atoms with Crippen LogP contribution in [0.25, 0.3) is 0 Å². The zero-order valence-corrected chi connectivity index (χ0v) is 11.8. The third kappa shape index (κ3) is 4.18. The number of carbonyl (C=O) groups excluding carboxylic acids is 2. The van der Waals surface area contributed by atoms with Crippen molar-refractivity contribution in [2.75, 3.05) is 13.2 Å². The highest BCUT2D eigenvalue weighted by atomic mass is 16.7. The van der Waals surface area contributed by atoms with E-state index >= 15 is 0 Å². The number of carbonyl (C=O) groups is 2. The molecule has 4 heteroatoms. The van der Waals surface area contributed by atoms with Gasteiger partial charge in [-0.2, -0.15) is 0 Å². The van der Waals surface area contributed by atoms with Gasteiger partial charge < -0.3 is 9.47 Å². The predicted octanol–water partition coefficient (Wildman–Crippen LogP) is 2.35. The fraction of sp³-hybridized carbons (Fsp3) is 0.857. The van der Waals surface area contributed by atoms with Crippen LogP contribution in [0.2, 0.25) is 0 Å². The van der Waals surface area contributed by atoms with Gasteiger partial charge in [0.15, 0.2) is 6.29 Å². The third-order valence-electron chi connectivity index (χ3n) is 3.22. The van der Waals surface area contributed by atoms with Gasteiger partial charge in [0, 0.05) is 32.5 Å². The van der Waals surface area contributed by atoms with E-state index in [0.717, 1.165) is 0 Å². The molecular formula is C14H24O4. The molecule has 1 aliphatic carbocycles. The quantitative estimate of drug-likeness (QED) is 0.540. The van der Waals surface area contributed by atoms with E-state index in [1.165, 1.54) is 0 Å². The number of ether oxygens (including phenoxy) is 2. The Morgan fingerprint density at radius 2 is 1.56 bits per heavy atom. The zero-order valence-electron chi connectivity index (χ0n) is 11.8. The van der Waals surface area contributed by atoms with Crippen LogP contribution in [0.5, 0.6) is 0 Å². The van der Waals surface area contributed by atoms with E-state index in [2.05, 4.69) is 0 Å². The lowest BCUT2D eigenvalue weighted by Gasteiger charge is -2.33. The summed E-state index contributed by atoms with van der Waals surface area (Å²) in [5.41, 5.74) is -0.197. The molecule has 1 fully saturated rings. The predicted molar refractivity (Wildman–Crippen MR) is 68.2 cm³/mol. The summed E-state index contributed by atoms with van der Waals surface area (Å²) in [6, 6.07) is 0. The maximum Gasteiger partial charge on any atom is 0.158 e. The van der Waals surface area contributed by atoms with Crippen molar-refractivity contribution in [2.24, 2.45) is 11.3 Å². The van der Waals surface area contributed by atoms with Crippen LogP contribution < -0.4 is 0 Å². The van der Waals surface area contributed by atoms with E-state index in [1.807, 2.05) is 27.7 Å². The summed E-state index contributed by atoms with van der Waals surface area (Å²) >= 11 is 0. The van der Waals surface area contributed by atoms with E-state index in [9.17, 15) is 9.59 Å². The van der Waals surface area contributed by atoms with E-state index < -0.39 is 12.2 Å². The van der Waals surface area contributed by atoms with Crippen LogP contribution in [0.1, 0.15) is 47.0 Å². The van der Waals surface area contributed by atoms with Crippen molar-refractivity contribution in [3.05, 3.63) is 0 Å². The molecule has 0 radical (unpaired) electrons. The summed E-state index contributed by atoms with van der Waals surface area (Å²) < 4.78 is 10.8. The molecule has 1 aliphatic rings. The summed E-state index contributed by atoms with van der Waals surface area (Å²) in [6.45, 7) is 8.71. The average molecular weight is 256 g/mol. The number of Topliss-reactive ketones (excluding diaryl/α,β-unsaturated/α-hetero) is 2. The second-order valence-electron chi connectivity index (χ2n) is 5.58. The zero-order chi connectivity index (χ0) is 13.8. The van der Waals surface area contributed by atoms with E-state index in [1.54, 1.807) is 0 Å². The SMILES string of the molecule is CCOC(CC1C(=O)CC(C)(C)CC1=O)OCC. The van der Waals surface area contributed by atoms with Gasteiger partial charge >= 0.3 is 0 Å². The molecule has 0 N–H and O–H groups in total. The van der Waals surface area contributed by atoms with Gasteiger partial charge in [0.1, 0.15) is 11.6 Å². The Morgan fingerprint density at radius 1 is 1.11 bits per heavy atom. The lowest BCUT2D eigenvalue weighted by atomic mass is 9.70. The van der Waals surface area contributed by atoms with E-state index in [4.69, 9.17) is 9.47 Å². The van der Waals surface area contributed by atoms with Crippen LogP contribution in [0.3, 0.4) is 0 Å². The van der Waals surface area contributed by atoms with Crippen molar-refractivity contribution >= 4 is 11.6 Å². The Balaban J connectivity index is 2.65. The first-order valence-corrected chi connectivity index (χ1v) is 6.68. The highest BCUT2D eigenvalue weighted by molar-refractivity contribution is 6.05. The molecule has 0 aromatic carbocycles. The fourth-order valence-corrected chi connectivity index (χ4v) is 2.44. The number of hydrogen-bond acceptors (Lipinski definition) is 4. The Bertz CT molecular complexity index is 283. The van der Waals surface area contributed by atoms with Crippen molar-refractivity contribution in [3.63, 3.8) is 0 Å². The molecule has 0 spiro atoms. The van der Waals surface area contributed by atoms with Gasteiger partial charge in [-0.3, -0.25) is 9.59 Å². The first-order valence-electron chi connectivity index (χ1n) is 6.68. The number of hydrogen-bond donors (Lipinski definition) is 0. The molecule has 0 amide bonds. The molecule has 0 unspecified atom stereocenters. The minimum Gasteiger partial charge on any atom is -0.353 e. The molecule has 0 bridgehead atoms. The molecule has 1 saturated carbocycles. The molecule has 0 aromatic rings. The monoisotopic (exact) mass is 256 g/mol. The molecule has 4 nitrogen and oxygen atoms in total. The average Bonchev–Trinajstić information content (AvgIpc) is 2.22. The lowest BCUT2D eigenvalue weighted by molar-refractivity contribution is -0.161. The topological polar surface area (TPSA) is 52.6 Å². The lowest BCUT2D eigenvalue weighted by Crippen LogP contribution is -2.40. The minimum atomic E-state index is -0.541. The van der Waals surface area contributed by atoms with Gasteiger partial charge in [-0.1, -0.05) is 13.8 Å². The van der Waals surface area contributed by atoms with Crippen LogP contribution in [0.4, 0.5) is 0 Å². The molecular weight excluding hydrogens is 232 g/mol. The highest BCUT2D eigenvalue weighted by Gasteiger charge is 2.40. The summed E-state index contributed by atoms with van der Waals surface area (Å²) in [5, 5.41) is 0. The van der Waals surface area contributed by atoms with Crippen molar-refractivity contribution in [1.29, 1.82) is 0 Å². The molecule has 1 rings (SSSR count). The van der Waals surface area contributed by atoms with Gasteiger partial charge in [0.05, 0.1) is 5.92 Å². The summed E-state index contributed by atoms with van der Waals surface area (Å²) in [6.07, 6.45) is 0.845. The second-order valence-corrected chi connectivity index (χ2v) is 5.58. The van der Waals surface area contributed by atoms with Crippen LogP contribution in [0, 0.1) is 11.3 Å². The van der Waals surface area contributed by atoms with Crippen LogP contribution in [0.15, 0.2) is 0 Å². The molecule has 0 aromatic heterocycles. The van der Waals surface area contributed by atoms with Crippen molar-refractivity contribution < 1.29 is 19.1 Å². The van der Waals surface area contributed by atoms with Gasteiger partial charge in [0.25, 0.3) is 0 Å². The fourth-order valence-electron chi connectivity index (χ4n) is 2.44. The van der Waals surface area contributed by atoms with E-state index in [0.29, 0.717) is 32.5 Å². The summed E-state index contributed by atoms with van der Waals surface area (Å²) in [7, 11) is 0. The Morgan fingerprint density at radius 3 is 1.94 bits per heavy atom. The third-order valence-corrected chi connectivity index (χ3v) is 3.22. The van der Waals surface area contributed by atoms with Gasteiger partial charge in [-0.15, -0.1) is 0 Å². The number of ketones is 2. The minimum absolute atomic E-state index is 0.0284. The Hall–Kier alpha value is -0.740. The molecule has 0 heterocycles. The summed E-state index contributed by atoms with van der Waals surface area (Å²) in [5.74, 6) is -0.484. The normalized spacial score (nSPS) is 20.7. The Labute approximate surface area is 109 Å². The molecule has 104 valence electrons. The van der Waals surface area contributed by atoms with Crippen molar-refractivity contribution in [1.82, 2.24) is 0 Å². The van der Waals surface area contributed by atoms with Gasteiger partial charge in [0.2, 0.25) is 0 Å². The van der Waals surface area contributed by atoms with Crippen LogP contribution >= 0.6 is 0 Å². The van der Waals surface area contributed by atoms with Crippen molar-refractivity contribution in [3.8, 4) is 0 Å². The molecule has 0 atom stereocenters. The molecule has 18 heavy (non-hydrogen) atoms. The Kier molecular flexibility index (Phi) is 5.47.